The van der Waals surface area contributed by atoms with Crippen LogP contribution in [0.2, 0.25) is 0 Å². The van der Waals surface area contributed by atoms with Crippen molar-refractivity contribution in [3.63, 3.8) is 0 Å². The second-order valence-electron chi connectivity index (χ2n) is 5.29. The van der Waals surface area contributed by atoms with Gasteiger partial charge in [-0.2, -0.15) is 5.10 Å². The number of amides is 2. The molecule has 2 aromatic rings. The lowest BCUT2D eigenvalue weighted by Gasteiger charge is -2.14. The van der Waals surface area contributed by atoms with E-state index < -0.39 is 0 Å². The van der Waals surface area contributed by atoms with Crippen molar-refractivity contribution in [1.29, 1.82) is 0 Å². The fraction of sp³-hybridized carbons (Fsp3) is 0.400. The Bertz CT molecular complexity index is 593. The normalized spacial score (nSPS) is 12.0. The summed E-state index contributed by atoms with van der Waals surface area (Å²) < 4.78 is 1.97. The van der Waals surface area contributed by atoms with Crippen LogP contribution in [0.1, 0.15) is 18.3 Å². The molecule has 2 amide bonds. The Kier molecular flexibility index (Phi) is 4.92. The minimum absolute atomic E-state index is 0.219. The molecule has 21 heavy (non-hydrogen) atoms. The van der Waals surface area contributed by atoms with E-state index in [1.54, 1.807) is 24.5 Å². The lowest BCUT2D eigenvalue weighted by atomic mass is 10.2. The van der Waals surface area contributed by atoms with Crippen LogP contribution < -0.4 is 10.6 Å². The van der Waals surface area contributed by atoms with Gasteiger partial charge in [0.1, 0.15) is 0 Å². The molecule has 2 N–H and O–H groups in total. The number of pyridine rings is 1. The van der Waals surface area contributed by atoms with Crippen molar-refractivity contribution < 1.29 is 4.79 Å². The first kappa shape index (κ1) is 15.0. The molecule has 1 atom stereocenters. The van der Waals surface area contributed by atoms with Gasteiger partial charge in [0.15, 0.2) is 0 Å². The molecule has 6 heteroatoms. The van der Waals surface area contributed by atoms with Crippen molar-refractivity contribution in [2.75, 3.05) is 11.9 Å². The maximum absolute atomic E-state index is 11.8. The molecule has 0 saturated carbocycles. The van der Waals surface area contributed by atoms with Gasteiger partial charge in [0, 0.05) is 25.0 Å². The van der Waals surface area contributed by atoms with Crippen LogP contribution >= 0.6 is 0 Å². The van der Waals surface area contributed by atoms with Crippen molar-refractivity contribution in [1.82, 2.24) is 20.1 Å². The van der Waals surface area contributed by atoms with E-state index in [0.717, 1.165) is 17.9 Å². The topological polar surface area (TPSA) is 71.8 Å². The molecule has 0 bridgehead atoms. The number of nitrogens with zero attached hydrogens (tertiary/aromatic N) is 3. The van der Waals surface area contributed by atoms with E-state index in [1.165, 1.54) is 0 Å². The van der Waals surface area contributed by atoms with Crippen molar-refractivity contribution in [3.05, 3.63) is 42.0 Å². The second-order valence-corrected chi connectivity index (χ2v) is 5.29. The summed E-state index contributed by atoms with van der Waals surface area (Å²) in [6, 6.07) is 5.41. The van der Waals surface area contributed by atoms with Gasteiger partial charge in [-0.15, -0.1) is 0 Å². The monoisotopic (exact) mass is 287 g/mol. The Morgan fingerprint density at radius 1 is 1.43 bits per heavy atom. The lowest BCUT2D eigenvalue weighted by Crippen LogP contribution is -2.33. The highest BCUT2D eigenvalue weighted by molar-refractivity contribution is 5.88. The molecule has 0 saturated heterocycles. The van der Waals surface area contributed by atoms with Crippen LogP contribution in [0, 0.1) is 19.8 Å². The fourth-order valence-corrected chi connectivity index (χ4v) is 2.10. The van der Waals surface area contributed by atoms with Crippen LogP contribution in [-0.4, -0.2) is 27.3 Å². The van der Waals surface area contributed by atoms with Crippen molar-refractivity contribution in [3.8, 4) is 0 Å². The van der Waals surface area contributed by atoms with E-state index in [2.05, 4.69) is 33.7 Å². The SMILES string of the molecule is Cc1cc(C)n(C[C@H](C)CNC(=O)Nc2cccnc2)n1. The smallest absolute Gasteiger partial charge is 0.319 e. The Hall–Kier alpha value is -2.37. The highest BCUT2D eigenvalue weighted by Gasteiger charge is 2.09. The predicted molar refractivity (Wildman–Crippen MR) is 82.1 cm³/mol. The number of anilines is 1. The Labute approximate surface area is 124 Å². The molecule has 0 aliphatic carbocycles. The highest BCUT2D eigenvalue weighted by atomic mass is 16.2. The molecule has 2 heterocycles. The van der Waals surface area contributed by atoms with Gasteiger partial charge in [0.25, 0.3) is 0 Å². The third-order valence-electron chi connectivity index (χ3n) is 3.12. The summed E-state index contributed by atoms with van der Waals surface area (Å²) in [6.45, 7) is 7.47. The van der Waals surface area contributed by atoms with E-state index in [9.17, 15) is 4.79 Å². The summed E-state index contributed by atoms with van der Waals surface area (Å²) in [5.74, 6) is 0.294. The summed E-state index contributed by atoms with van der Waals surface area (Å²) in [5, 5.41) is 10.0. The molecule has 0 aliphatic rings. The molecule has 0 aliphatic heterocycles. The summed E-state index contributed by atoms with van der Waals surface area (Å²) in [5.41, 5.74) is 2.84. The van der Waals surface area contributed by atoms with Crippen LogP contribution in [0.3, 0.4) is 0 Å². The van der Waals surface area contributed by atoms with E-state index >= 15 is 0 Å². The molecular formula is C15H21N5O. The van der Waals surface area contributed by atoms with E-state index in [1.807, 2.05) is 18.5 Å². The van der Waals surface area contributed by atoms with E-state index in [0.29, 0.717) is 18.2 Å². The van der Waals surface area contributed by atoms with Gasteiger partial charge >= 0.3 is 6.03 Å². The van der Waals surface area contributed by atoms with Gasteiger partial charge in [0.05, 0.1) is 17.6 Å². The molecule has 112 valence electrons. The molecule has 0 aromatic carbocycles. The van der Waals surface area contributed by atoms with Crippen LogP contribution in [0.4, 0.5) is 10.5 Å². The van der Waals surface area contributed by atoms with Crippen LogP contribution in [-0.2, 0) is 6.54 Å². The first-order valence-electron chi connectivity index (χ1n) is 7.00. The third-order valence-corrected chi connectivity index (χ3v) is 3.12. The zero-order valence-electron chi connectivity index (χ0n) is 12.6. The van der Waals surface area contributed by atoms with Gasteiger partial charge in [-0.25, -0.2) is 4.79 Å². The molecular weight excluding hydrogens is 266 g/mol. The maximum atomic E-state index is 11.8. The first-order chi connectivity index (χ1) is 10.0. The number of carbonyl (C=O) groups excluding carboxylic acids is 1. The van der Waals surface area contributed by atoms with E-state index in [-0.39, 0.29) is 6.03 Å². The number of nitrogens with one attached hydrogen (secondary N) is 2. The maximum Gasteiger partial charge on any atom is 0.319 e. The number of carbonyl (C=O) groups is 1. The standard InChI is InChI=1S/C15H21N5O/c1-11(10-20-13(3)7-12(2)19-20)8-17-15(21)18-14-5-4-6-16-9-14/h4-7,9,11H,8,10H2,1-3H3,(H2,17,18,21)/t11-/m1/s1. The highest BCUT2D eigenvalue weighted by Crippen LogP contribution is 2.06. The number of hydrogen-bond acceptors (Lipinski definition) is 3. The van der Waals surface area contributed by atoms with Crippen LogP contribution in [0.25, 0.3) is 0 Å². The lowest BCUT2D eigenvalue weighted by molar-refractivity contribution is 0.249. The molecule has 2 aromatic heterocycles. The molecule has 0 spiro atoms. The predicted octanol–water partition coefficient (Wildman–Crippen LogP) is 2.35. The van der Waals surface area contributed by atoms with Gasteiger partial charge in [-0.05, 0) is 38.0 Å². The zero-order valence-corrected chi connectivity index (χ0v) is 12.6. The molecule has 0 fully saturated rings. The second kappa shape index (κ2) is 6.88. The summed E-state index contributed by atoms with van der Waals surface area (Å²) in [7, 11) is 0. The fourth-order valence-electron chi connectivity index (χ4n) is 2.10. The Morgan fingerprint density at radius 3 is 2.86 bits per heavy atom. The molecule has 0 radical (unpaired) electrons. The third kappa shape index (κ3) is 4.59. The van der Waals surface area contributed by atoms with Crippen molar-refractivity contribution >= 4 is 11.7 Å². The van der Waals surface area contributed by atoms with Crippen molar-refractivity contribution in [2.45, 2.75) is 27.3 Å². The quantitative estimate of drug-likeness (QED) is 0.886. The summed E-state index contributed by atoms with van der Waals surface area (Å²) in [6.07, 6.45) is 3.28. The largest absolute Gasteiger partial charge is 0.338 e. The number of rotatable bonds is 5. The summed E-state index contributed by atoms with van der Waals surface area (Å²) in [4.78, 5) is 15.7. The minimum Gasteiger partial charge on any atom is -0.338 e. The number of hydrogen-bond donors (Lipinski definition) is 2. The Balaban J connectivity index is 1.77. The molecule has 2 rings (SSSR count). The number of aryl methyl sites for hydroxylation is 2. The van der Waals surface area contributed by atoms with Crippen LogP contribution in [0.15, 0.2) is 30.6 Å². The summed E-state index contributed by atoms with van der Waals surface area (Å²) >= 11 is 0. The van der Waals surface area contributed by atoms with Crippen LogP contribution in [0.5, 0.6) is 0 Å². The minimum atomic E-state index is -0.219. The van der Waals surface area contributed by atoms with Gasteiger partial charge in [-0.3, -0.25) is 9.67 Å². The number of aromatic nitrogens is 3. The van der Waals surface area contributed by atoms with Gasteiger partial charge in [-0.1, -0.05) is 6.92 Å². The molecule has 6 nitrogen and oxygen atoms in total. The van der Waals surface area contributed by atoms with E-state index in [4.69, 9.17) is 0 Å². The van der Waals surface area contributed by atoms with Gasteiger partial charge < -0.3 is 10.6 Å². The molecule has 0 unspecified atom stereocenters. The first-order valence-corrected chi connectivity index (χ1v) is 7.00. The number of urea groups is 1. The average Bonchev–Trinajstić information content (AvgIpc) is 2.76. The van der Waals surface area contributed by atoms with Gasteiger partial charge in [0.2, 0.25) is 0 Å². The Morgan fingerprint density at radius 2 is 2.24 bits per heavy atom. The zero-order chi connectivity index (χ0) is 15.2. The van der Waals surface area contributed by atoms with Crippen molar-refractivity contribution in [2.24, 2.45) is 5.92 Å². The average molecular weight is 287 g/mol.